The number of amides is 1. The van der Waals surface area contributed by atoms with Gasteiger partial charge in [-0.15, -0.1) is 0 Å². The zero-order chi connectivity index (χ0) is 29.9. The summed E-state index contributed by atoms with van der Waals surface area (Å²) in [5, 5.41) is 9.06. The molecule has 3 heterocycles. The van der Waals surface area contributed by atoms with Crippen LogP contribution >= 0.6 is 0 Å². The number of ether oxygens (including phenoxy) is 1. The molecule has 1 aliphatic heterocycles. The maximum absolute atomic E-state index is 14.1. The Bertz CT molecular complexity index is 2210. The minimum atomic E-state index is -4.01. The third kappa shape index (κ3) is 4.41. The Kier molecular flexibility index (Phi) is 6.06. The lowest BCUT2D eigenvalue weighted by Gasteiger charge is -2.17. The van der Waals surface area contributed by atoms with E-state index in [9.17, 15) is 13.2 Å². The molecule has 0 spiro atoms. The number of sulfone groups is 1. The molecule has 0 fully saturated rings. The molecule has 0 radical (unpaired) electrons. The van der Waals surface area contributed by atoms with E-state index in [-0.39, 0.29) is 15.4 Å². The van der Waals surface area contributed by atoms with Crippen molar-refractivity contribution in [2.45, 2.75) is 23.1 Å². The molecular weight excluding hydrogens is 564 g/mol. The molecule has 7 rings (SSSR count). The number of nitrogens with one attached hydrogen (secondary N) is 1. The van der Waals surface area contributed by atoms with Crippen LogP contribution in [0.25, 0.3) is 27.5 Å². The number of primary amides is 1. The normalized spacial score (nSPS) is 12.8. The Balaban J connectivity index is 1.38. The molecule has 0 bridgehead atoms. The fourth-order valence-corrected chi connectivity index (χ4v) is 6.91. The number of aryl methyl sites for hydroxylation is 1. The van der Waals surface area contributed by atoms with Crippen LogP contribution in [0.4, 0.5) is 17.1 Å². The summed E-state index contributed by atoms with van der Waals surface area (Å²) >= 11 is 0. The van der Waals surface area contributed by atoms with Gasteiger partial charge in [-0.1, -0.05) is 6.07 Å². The molecule has 214 valence electrons. The van der Waals surface area contributed by atoms with Crippen molar-refractivity contribution in [3.8, 4) is 11.4 Å². The first-order chi connectivity index (χ1) is 20.7. The van der Waals surface area contributed by atoms with Gasteiger partial charge in [0, 0.05) is 40.3 Å². The van der Waals surface area contributed by atoms with Crippen molar-refractivity contribution in [3.05, 3.63) is 102 Å². The van der Waals surface area contributed by atoms with E-state index in [4.69, 9.17) is 16.2 Å². The zero-order valence-electron chi connectivity index (χ0n) is 23.0. The van der Waals surface area contributed by atoms with Gasteiger partial charge in [-0.25, -0.2) is 13.1 Å². The summed E-state index contributed by atoms with van der Waals surface area (Å²) < 4.78 is 35.6. The van der Waals surface area contributed by atoms with Gasteiger partial charge in [-0.3, -0.25) is 9.78 Å². The molecule has 0 unspecified atom stereocenters. The molecule has 1 aliphatic rings. The number of pyridine rings is 1. The first-order valence-electron chi connectivity index (χ1n) is 13.5. The van der Waals surface area contributed by atoms with Crippen molar-refractivity contribution in [2.24, 2.45) is 5.73 Å². The number of fused-ring (bicyclic) bond motifs is 3. The highest BCUT2D eigenvalue weighted by Crippen LogP contribution is 2.38. The Labute approximate surface area is 246 Å². The smallest absolute Gasteiger partial charge is 0.252 e. The number of benzene rings is 4. The van der Waals surface area contributed by atoms with Crippen LogP contribution in [-0.4, -0.2) is 35.7 Å². The van der Waals surface area contributed by atoms with Gasteiger partial charge in [0.1, 0.15) is 5.75 Å². The third-order valence-corrected chi connectivity index (χ3v) is 9.43. The summed E-state index contributed by atoms with van der Waals surface area (Å²) in [7, 11) is -4.01. The first-order valence-corrected chi connectivity index (χ1v) is 15.0. The molecule has 0 saturated heterocycles. The maximum atomic E-state index is 14.1. The summed E-state index contributed by atoms with van der Waals surface area (Å²) in [5.41, 5.74) is 17.0. The predicted molar refractivity (Wildman–Crippen MR) is 165 cm³/mol. The lowest BCUT2D eigenvalue weighted by molar-refractivity contribution is 0.100. The number of rotatable bonds is 6. The fourth-order valence-electron chi connectivity index (χ4n) is 5.52. The van der Waals surface area contributed by atoms with E-state index < -0.39 is 15.7 Å². The second-order valence-electron chi connectivity index (χ2n) is 10.4. The molecule has 2 aromatic heterocycles. The van der Waals surface area contributed by atoms with Crippen LogP contribution in [0.1, 0.15) is 21.5 Å². The lowest BCUT2D eigenvalue weighted by Crippen LogP contribution is -2.15. The number of hydrogen-bond donors (Lipinski definition) is 3. The van der Waals surface area contributed by atoms with Crippen LogP contribution in [0, 0.1) is 6.92 Å². The van der Waals surface area contributed by atoms with Crippen LogP contribution in [0.3, 0.4) is 0 Å². The maximum Gasteiger partial charge on any atom is 0.252 e. The standard InChI is InChI=1S/C32H26N6O4S/c1-18-13-23(43(40,41)22-10-5-19-16-36-38(28(19)15-22)21-8-6-20(33)7-9-21)14-25-30(18)35-17-26(32(34)39)31(25)37-27-3-2-4-29-24(27)11-12-42-29/h2-10,13-17H,11-12,33H2,1H3,(H2,34,39)(H,35,37). The molecule has 11 heteroatoms. The van der Waals surface area contributed by atoms with Crippen molar-refractivity contribution in [1.29, 1.82) is 0 Å². The Morgan fingerprint density at radius 1 is 1.00 bits per heavy atom. The third-order valence-electron chi connectivity index (χ3n) is 7.70. The average molecular weight is 591 g/mol. The van der Waals surface area contributed by atoms with Crippen LogP contribution in [0.2, 0.25) is 0 Å². The number of nitrogens with zero attached hydrogens (tertiary/aromatic N) is 3. The Morgan fingerprint density at radius 2 is 1.81 bits per heavy atom. The molecule has 1 amide bonds. The molecule has 0 saturated carbocycles. The van der Waals surface area contributed by atoms with Crippen LogP contribution < -0.4 is 21.5 Å². The molecule has 5 N–H and O–H groups in total. The van der Waals surface area contributed by atoms with Gasteiger partial charge in [-0.05, 0) is 79.2 Å². The van der Waals surface area contributed by atoms with Gasteiger partial charge < -0.3 is 21.5 Å². The molecule has 4 aromatic carbocycles. The lowest BCUT2D eigenvalue weighted by atomic mass is 10.0. The van der Waals surface area contributed by atoms with E-state index in [1.807, 2.05) is 30.3 Å². The number of nitrogens with two attached hydrogens (primary N) is 2. The number of aromatic nitrogens is 3. The summed E-state index contributed by atoms with van der Waals surface area (Å²) in [4.78, 5) is 17.2. The first kappa shape index (κ1) is 26.5. The van der Waals surface area contributed by atoms with Crippen molar-refractivity contribution in [2.75, 3.05) is 17.7 Å². The second-order valence-corrected chi connectivity index (χ2v) is 12.4. The topological polar surface area (TPSA) is 155 Å². The van der Waals surface area contributed by atoms with E-state index in [0.29, 0.717) is 46.4 Å². The predicted octanol–water partition coefficient (Wildman–Crippen LogP) is 5.07. The molecule has 6 aromatic rings. The SMILES string of the molecule is Cc1cc(S(=O)(=O)c2ccc3cnn(-c4ccc(N)cc4)c3c2)cc2c(Nc3cccc4c3CCO4)c(C(N)=O)cnc12. The van der Waals surface area contributed by atoms with Crippen molar-refractivity contribution in [3.63, 3.8) is 0 Å². The van der Waals surface area contributed by atoms with Crippen LogP contribution in [0.5, 0.6) is 5.75 Å². The Hall–Kier alpha value is -5.42. The van der Waals surface area contributed by atoms with Crippen LogP contribution in [-0.2, 0) is 16.3 Å². The van der Waals surface area contributed by atoms with Crippen molar-refractivity contribution >= 4 is 54.6 Å². The van der Waals surface area contributed by atoms with Gasteiger partial charge in [0.05, 0.1) is 50.6 Å². The van der Waals surface area contributed by atoms with E-state index in [2.05, 4.69) is 15.4 Å². The monoisotopic (exact) mass is 590 g/mol. The molecule has 0 atom stereocenters. The molecule has 0 aliphatic carbocycles. The second kappa shape index (κ2) is 9.85. The van der Waals surface area contributed by atoms with Crippen molar-refractivity contribution in [1.82, 2.24) is 14.8 Å². The number of carbonyl (C=O) groups is 1. The highest BCUT2D eigenvalue weighted by molar-refractivity contribution is 7.91. The van der Waals surface area contributed by atoms with Gasteiger partial charge in [0.25, 0.3) is 5.91 Å². The Morgan fingerprint density at radius 3 is 2.60 bits per heavy atom. The van der Waals surface area contributed by atoms with Gasteiger partial charge in [0.15, 0.2) is 0 Å². The number of carbonyl (C=O) groups excluding carboxylic acids is 1. The van der Waals surface area contributed by atoms with E-state index >= 15 is 0 Å². The highest BCUT2D eigenvalue weighted by Gasteiger charge is 2.24. The number of hydrogen-bond acceptors (Lipinski definition) is 8. The van der Waals surface area contributed by atoms with Crippen molar-refractivity contribution < 1.29 is 17.9 Å². The average Bonchev–Trinajstić information content (AvgIpc) is 3.65. The molecule has 43 heavy (non-hydrogen) atoms. The minimum Gasteiger partial charge on any atom is -0.493 e. The van der Waals surface area contributed by atoms with E-state index in [1.165, 1.54) is 6.20 Å². The molecule has 10 nitrogen and oxygen atoms in total. The van der Waals surface area contributed by atoms with Crippen LogP contribution in [0.15, 0.2) is 95.0 Å². The fraction of sp³-hybridized carbons (Fsp3) is 0.0938. The molecular formula is C32H26N6O4S. The van der Waals surface area contributed by atoms with Gasteiger partial charge in [0.2, 0.25) is 9.84 Å². The number of nitrogen functional groups attached to an aromatic ring is 1. The number of anilines is 3. The largest absolute Gasteiger partial charge is 0.493 e. The summed E-state index contributed by atoms with van der Waals surface area (Å²) in [5.74, 6) is 0.0741. The van der Waals surface area contributed by atoms with E-state index in [1.54, 1.807) is 60.3 Å². The van der Waals surface area contributed by atoms with E-state index in [0.717, 1.165) is 28.1 Å². The summed E-state index contributed by atoms with van der Waals surface area (Å²) in [6.45, 7) is 2.34. The highest BCUT2D eigenvalue weighted by atomic mass is 32.2. The quantitative estimate of drug-likeness (QED) is 0.227. The van der Waals surface area contributed by atoms with Gasteiger partial charge in [-0.2, -0.15) is 5.10 Å². The zero-order valence-corrected chi connectivity index (χ0v) is 23.9. The van der Waals surface area contributed by atoms with Gasteiger partial charge >= 0.3 is 0 Å². The summed E-state index contributed by atoms with van der Waals surface area (Å²) in [6, 6.07) is 20.8. The summed E-state index contributed by atoms with van der Waals surface area (Å²) in [6.07, 6.45) is 3.80. The minimum absolute atomic E-state index is 0.0588.